The molecule has 0 unspecified atom stereocenters. The molecule has 2 aliphatic carbocycles. The van der Waals surface area contributed by atoms with E-state index in [-0.39, 0.29) is 36.1 Å². The third-order valence-corrected chi connectivity index (χ3v) is 8.04. The standard InChI is InChI=1S/C26H34O5/c1-6-29-22(27)26(23(28)30-7-2)15-17(3)19-12-13-25(5)21(24(19,4)16-26)14-18-10-8-9-11-20(18)31-25/h8-11,19,21H,3,6-7,12-16H2,1-2,4-5H3/t19-,21+,24-,25+/m1/s1. The predicted octanol–water partition coefficient (Wildman–Crippen LogP) is 4.88. The highest BCUT2D eigenvalue weighted by Crippen LogP contribution is 2.64. The zero-order chi connectivity index (χ0) is 22.4. The molecule has 1 aliphatic heterocycles. The van der Waals surface area contributed by atoms with Crippen LogP contribution in [-0.4, -0.2) is 30.8 Å². The Bertz CT molecular complexity index is 887. The maximum Gasteiger partial charge on any atom is 0.323 e. The summed E-state index contributed by atoms with van der Waals surface area (Å²) in [6.45, 7) is 12.8. The zero-order valence-electron chi connectivity index (χ0n) is 19.2. The first kappa shape index (κ1) is 21.9. The molecule has 2 fully saturated rings. The highest BCUT2D eigenvalue weighted by atomic mass is 16.6. The third kappa shape index (κ3) is 3.28. The van der Waals surface area contributed by atoms with E-state index in [0.29, 0.717) is 12.8 Å². The van der Waals surface area contributed by atoms with Gasteiger partial charge < -0.3 is 14.2 Å². The SMILES string of the molecule is C=C1CC(C(=O)OCC)(C(=O)OCC)C[C@]2(C)[C@@H]1CC[C@]1(C)Oc3ccccc3C[C@@H]21. The summed E-state index contributed by atoms with van der Waals surface area (Å²) in [7, 11) is 0. The van der Waals surface area contributed by atoms with E-state index >= 15 is 0 Å². The number of fused-ring (bicyclic) bond motifs is 4. The average molecular weight is 427 g/mol. The molecule has 0 aromatic heterocycles. The molecule has 168 valence electrons. The van der Waals surface area contributed by atoms with E-state index in [1.165, 1.54) is 5.56 Å². The van der Waals surface area contributed by atoms with Crippen molar-refractivity contribution in [1.29, 1.82) is 0 Å². The van der Waals surface area contributed by atoms with Crippen molar-refractivity contribution in [3.63, 3.8) is 0 Å². The summed E-state index contributed by atoms with van der Waals surface area (Å²) < 4.78 is 17.5. The quantitative estimate of drug-likeness (QED) is 0.390. The Labute approximate surface area is 185 Å². The molecule has 2 saturated carbocycles. The molecule has 0 spiro atoms. The van der Waals surface area contributed by atoms with E-state index in [9.17, 15) is 9.59 Å². The number of esters is 2. The smallest absolute Gasteiger partial charge is 0.323 e. The lowest BCUT2D eigenvalue weighted by atomic mass is 9.45. The van der Waals surface area contributed by atoms with Gasteiger partial charge in [-0.2, -0.15) is 0 Å². The topological polar surface area (TPSA) is 61.8 Å². The number of rotatable bonds is 4. The Morgan fingerprint density at radius 1 is 1.13 bits per heavy atom. The van der Waals surface area contributed by atoms with Crippen molar-refractivity contribution in [2.75, 3.05) is 13.2 Å². The Hall–Kier alpha value is -2.30. The molecule has 3 aliphatic rings. The van der Waals surface area contributed by atoms with Gasteiger partial charge in [-0.05, 0) is 75.8 Å². The molecule has 0 radical (unpaired) electrons. The highest BCUT2D eigenvalue weighted by molar-refractivity contribution is 6.00. The van der Waals surface area contributed by atoms with Crippen molar-refractivity contribution in [1.82, 2.24) is 0 Å². The molecule has 0 bridgehead atoms. The molecule has 5 nitrogen and oxygen atoms in total. The number of benzene rings is 1. The Morgan fingerprint density at radius 2 is 1.77 bits per heavy atom. The minimum atomic E-state index is -1.34. The van der Waals surface area contributed by atoms with Gasteiger partial charge in [0.05, 0.1) is 13.2 Å². The largest absolute Gasteiger partial charge is 0.487 e. The maximum absolute atomic E-state index is 13.2. The van der Waals surface area contributed by atoms with Crippen LogP contribution in [0, 0.1) is 22.7 Å². The van der Waals surface area contributed by atoms with E-state index in [4.69, 9.17) is 14.2 Å². The van der Waals surface area contributed by atoms with Gasteiger partial charge in [-0.25, -0.2) is 0 Å². The lowest BCUT2D eigenvalue weighted by molar-refractivity contribution is -0.188. The summed E-state index contributed by atoms with van der Waals surface area (Å²) in [5.74, 6) is 0.350. The van der Waals surface area contributed by atoms with Crippen molar-refractivity contribution in [2.24, 2.45) is 22.7 Å². The van der Waals surface area contributed by atoms with E-state index < -0.39 is 17.4 Å². The van der Waals surface area contributed by atoms with Crippen molar-refractivity contribution in [2.45, 2.75) is 65.4 Å². The van der Waals surface area contributed by atoms with Crippen LogP contribution in [-0.2, 0) is 25.5 Å². The van der Waals surface area contributed by atoms with Gasteiger partial charge in [0, 0.05) is 5.92 Å². The van der Waals surface area contributed by atoms with Gasteiger partial charge in [-0.1, -0.05) is 37.3 Å². The van der Waals surface area contributed by atoms with Gasteiger partial charge in [-0.3, -0.25) is 9.59 Å². The van der Waals surface area contributed by atoms with Crippen LogP contribution in [0.4, 0.5) is 0 Å². The van der Waals surface area contributed by atoms with Crippen molar-refractivity contribution >= 4 is 11.9 Å². The van der Waals surface area contributed by atoms with Crippen molar-refractivity contribution in [3.8, 4) is 5.75 Å². The minimum absolute atomic E-state index is 0.147. The number of carbonyl (C=O) groups excluding carboxylic acids is 2. The number of hydrogen-bond acceptors (Lipinski definition) is 5. The first-order valence-corrected chi connectivity index (χ1v) is 11.5. The van der Waals surface area contributed by atoms with Crippen LogP contribution < -0.4 is 4.74 Å². The summed E-state index contributed by atoms with van der Waals surface area (Å²) in [6, 6.07) is 8.19. The van der Waals surface area contributed by atoms with Crippen LogP contribution in [0.2, 0.25) is 0 Å². The fraction of sp³-hybridized carbons (Fsp3) is 0.615. The predicted molar refractivity (Wildman–Crippen MR) is 118 cm³/mol. The summed E-state index contributed by atoms with van der Waals surface area (Å²) in [5, 5.41) is 0. The molecule has 4 rings (SSSR count). The van der Waals surface area contributed by atoms with E-state index in [1.54, 1.807) is 13.8 Å². The second-order valence-electron chi connectivity index (χ2n) is 9.91. The van der Waals surface area contributed by atoms with E-state index in [0.717, 1.165) is 30.6 Å². The second-order valence-corrected chi connectivity index (χ2v) is 9.91. The number of ether oxygens (including phenoxy) is 3. The Kier molecular flexibility index (Phi) is 5.43. The lowest BCUT2D eigenvalue weighted by Crippen LogP contribution is -2.63. The summed E-state index contributed by atoms with van der Waals surface area (Å²) >= 11 is 0. The maximum atomic E-state index is 13.2. The Balaban J connectivity index is 1.80. The molecule has 31 heavy (non-hydrogen) atoms. The lowest BCUT2D eigenvalue weighted by Gasteiger charge is -2.61. The normalized spacial score (nSPS) is 33.2. The molecule has 0 amide bonds. The average Bonchev–Trinajstić information content (AvgIpc) is 2.72. The fourth-order valence-corrected chi connectivity index (χ4v) is 6.74. The number of hydrogen-bond donors (Lipinski definition) is 0. The molecule has 1 heterocycles. The van der Waals surface area contributed by atoms with Gasteiger partial charge >= 0.3 is 11.9 Å². The van der Waals surface area contributed by atoms with Gasteiger partial charge in [0.15, 0.2) is 5.41 Å². The fourth-order valence-electron chi connectivity index (χ4n) is 6.74. The van der Waals surface area contributed by atoms with E-state index in [1.807, 2.05) is 18.2 Å². The van der Waals surface area contributed by atoms with Crippen LogP contribution in [0.1, 0.15) is 58.9 Å². The summed E-state index contributed by atoms with van der Waals surface area (Å²) in [6.07, 6.45) is 3.41. The number of para-hydroxylation sites is 1. The molecule has 1 aromatic rings. The first-order valence-electron chi connectivity index (χ1n) is 11.5. The number of allylic oxidation sites excluding steroid dienone is 1. The molecule has 4 atom stereocenters. The summed E-state index contributed by atoms with van der Waals surface area (Å²) in [5.41, 5.74) is 0.0993. The van der Waals surface area contributed by atoms with Crippen LogP contribution in [0.5, 0.6) is 5.75 Å². The second kappa shape index (κ2) is 7.68. The molecule has 1 aromatic carbocycles. The molecular weight excluding hydrogens is 392 g/mol. The van der Waals surface area contributed by atoms with Gasteiger partial charge in [0.2, 0.25) is 0 Å². The summed E-state index contributed by atoms with van der Waals surface area (Å²) in [4.78, 5) is 26.5. The highest BCUT2D eigenvalue weighted by Gasteiger charge is 2.65. The molecular formula is C26H34O5. The molecule has 0 saturated heterocycles. The van der Waals surface area contributed by atoms with Gasteiger partial charge in [0.1, 0.15) is 11.4 Å². The van der Waals surface area contributed by atoms with Crippen LogP contribution in [0.15, 0.2) is 36.4 Å². The monoisotopic (exact) mass is 426 g/mol. The van der Waals surface area contributed by atoms with Crippen LogP contribution in [0.25, 0.3) is 0 Å². The van der Waals surface area contributed by atoms with Crippen molar-refractivity contribution in [3.05, 3.63) is 42.0 Å². The van der Waals surface area contributed by atoms with Gasteiger partial charge in [-0.15, -0.1) is 0 Å². The first-order chi connectivity index (χ1) is 14.7. The van der Waals surface area contributed by atoms with Crippen molar-refractivity contribution < 1.29 is 23.8 Å². The minimum Gasteiger partial charge on any atom is -0.487 e. The van der Waals surface area contributed by atoms with Gasteiger partial charge in [0.25, 0.3) is 0 Å². The number of carbonyl (C=O) groups is 2. The van der Waals surface area contributed by atoms with Crippen LogP contribution in [0.3, 0.4) is 0 Å². The van der Waals surface area contributed by atoms with Crippen LogP contribution >= 0.6 is 0 Å². The third-order valence-electron chi connectivity index (χ3n) is 8.04. The molecule has 0 N–H and O–H groups in total. The molecule has 5 heteroatoms. The van der Waals surface area contributed by atoms with E-state index in [2.05, 4.69) is 26.5 Å². The Morgan fingerprint density at radius 3 is 2.42 bits per heavy atom. The zero-order valence-corrected chi connectivity index (χ0v) is 19.2.